The van der Waals surface area contributed by atoms with E-state index in [0.29, 0.717) is 31.7 Å². The molecule has 1 heterocycles. The summed E-state index contributed by atoms with van der Waals surface area (Å²) in [7, 11) is 0. The fourth-order valence-corrected chi connectivity index (χ4v) is 3.14. The Balaban J connectivity index is 1.45. The van der Waals surface area contributed by atoms with Crippen LogP contribution in [0.3, 0.4) is 0 Å². The molecule has 3 rings (SSSR count). The summed E-state index contributed by atoms with van der Waals surface area (Å²) >= 11 is 0. The van der Waals surface area contributed by atoms with Crippen LogP contribution in [0.1, 0.15) is 47.3 Å². The first-order valence-corrected chi connectivity index (χ1v) is 9.58. The number of amides is 1. The minimum absolute atomic E-state index is 0.0554. The second kappa shape index (κ2) is 8.24. The fraction of sp³-hybridized carbons (Fsp3) is 0.435. The highest BCUT2D eigenvalue weighted by atomic mass is 16.5. The number of hydrogen-bond donors (Lipinski definition) is 1. The van der Waals surface area contributed by atoms with Crippen molar-refractivity contribution >= 4 is 5.91 Å². The summed E-state index contributed by atoms with van der Waals surface area (Å²) in [5, 5.41) is 9.82. The number of nitrogens with zero attached hydrogens (tertiary/aromatic N) is 1. The van der Waals surface area contributed by atoms with Crippen LogP contribution in [0.4, 0.5) is 0 Å². The summed E-state index contributed by atoms with van der Waals surface area (Å²) in [6, 6.07) is 15.9. The molecule has 0 aliphatic carbocycles. The van der Waals surface area contributed by atoms with E-state index in [4.69, 9.17) is 4.74 Å². The van der Waals surface area contributed by atoms with Crippen molar-refractivity contribution in [1.82, 2.24) is 4.90 Å². The van der Waals surface area contributed by atoms with Crippen LogP contribution < -0.4 is 0 Å². The van der Waals surface area contributed by atoms with Crippen LogP contribution in [-0.2, 0) is 17.8 Å². The molecule has 4 nitrogen and oxygen atoms in total. The van der Waals surface area contributed by atoms with Gasteiger partial charge in [-0.05, 0) is 62.4 Å². The highest BCUT2D eigenvalue weighted by molar-refractivity contribution is 5.94. The molecule has 1 aliphatic rings. The van der Waals surface area contributed by atoms with Crippen LogP contribution in [0, 0.1) is 6.92 Å². The van der Waals surface area contributed by atoms with Gasteiger partial charge in [0, 0.05) is 18.7 Å². The zero-order chi connectivity index (χ0) is 19.4. The average molecular weight is 367 g/mol. The van der Waals surface area contributed by atoms with Crippen molar-refractivity contribution in [2.75, 3.05) is 13.1 Å². The molecule has 0 saturated carbocycles. The van der Waals surface area contributed by atoms with Gasteiger partial charge in [0.15, 0.2) is 0 Å². The lowest BCUT2D eigenvalue weighted by Gasteiger charge is -2.39. The lowest BCUT2D eigenvalue weighted by Crippen LogP contribution is -2.54. The van der Waals surface area contributed by atoms with Gasteiger partial charge in [-0.3, -0.25) is 4.79 Å². The predicted octanol–water partition coefficient (Wildman–Crippen LogP) is 3.74. The summed E-state index contributed by atoms with van der Waals surface area (Å²) in [6.45, 7) is 7.59. The highest BCUT2D eigenvalue weighted by Crippen LogP contribution is 2.19. The number of likely N-dealkylation sites (tertiary alicyclic amines) is 1. The van der Waals surface area contributed by atoms with Crippen LogP contribution in [-0.4, -0.2) is 40.7 Å². The molecule has 1 aliphatic heterocycles. The lowest BCUT2D eigenvalue weighted by molar-refractivity contribution is -0.0504. The zero-order valence-corrected chi connectivity index (χ0v) is 16.4. The molecule has 2 aromatic carbocycles. The van der Waals surface area contributed by atoms with Crippen molar-refractivity contribution in [2.45, 2.75) is 51.9 Å². The van der Waals surface area contributed by atoms with Gasteiger partial charge in [0.2, 0.25) is 0 Å². The van der Waals surface area contributed by atoms with Crippen molar-refractivity contribution in [3.63, 3.8) is 0 Å². The second-order valence-corrected chi connectivity index (χ2v) is 8.08. The molecule has 0 spiro atoms. The van der Waals surface area contributed by atoms with Gasteiger partial charge in [-0.1, -0.05) is 36.4 Å². The smallest absolute Gasteiger partial charge is 0.254 e. The van der Waals surface area contributed by atoms with Gasteiger partial charge in [-0.25, -0.2) is 0 Å². The number of aryl methyl sites for hydroxylation is 2. The van der Waals surface area contributed by atoms with Crippen molar-refractivity contribution in [2.24, 2.45) is 0 Å². The summed E-state index contributed by atoms with van der Waals surface area (Å²) < 4.78 is 5.93. The molecule has 4 heteroatoms. The van der Waals surface area contributed by atoms with E-state index in [1.54, 1.807) is 0 Å². The monoisotopic (exact) mass is 367 g/mol. The molecule has 1 amide bonds. The SMILES string of the molecule is Cc1ccccc1COC1CN(C(=O)c2ccc(CCC(C)(C)O)cc2)C1. The normalized spacial score (nSPS) is 14.9. The predicted molar refractivity (Wildman–Crippen MR) is 107 cm³/mol. The number of aliphatic hydroxyl groups is 1. The van der Waals surface area contributed by atoms with E-state index in [9.17, 15) is 9.90 Å². The minimum Gasteiger partial charge on any atom is -0.390 e. The van der Waals surface area contributed by atoms with Gasteiger partial charge in [0.1, 0.15) is 0 Å². The Morgan fingerprint density at radius 2 is 1.81 bits per heavy atom. The van der Waals surface area contributed by atoms with Crippen molar-refractivity contribution in [3.05, 3.63) is 70.8 Å². The first kappa shape index (κ1) is 19.6. The molecule has 1 N–H and O–H groups in total. The standard InChI is InChI=1S/C23H29NO3/c1-17-6-4-5-7-20(17)16-27-21-14-24(15-21)22(25)19-10-8-18(9-11-19)12-13-23(2,3)26/h4-11,21,26H,12-16H2,1-3H3. The third-order valence-electron chi connectivity index (χ3n) is 5.10. The summed E-state index contributed by atoms with van der Waals surface area (Å²) in [5.74, 6) is 0.0554. The number of carbonyl (C=O) groups is 1. The van der Waals surface area contributed by atoms with Crippen LogP contribution >= 0.6 is 0 Å². The third kappa shape index (κ3) is 5.41. The Morgan fingerprint density at radius 3 is 2.44 bits per heavy atom. The number of carbonyl (C=O) groups excluding carboxylic acids is 1. The molecule has 0 radical (unpaired) electrons. The number of benzene rings is 2. The minimum atomic E-state index is -0.667. The first-order valence-electron chi connectivity index (χ1n) is 9.58. The maximum absolute atomic E-state index is 12.6. The molecule has 144 valence electrons. The van der Waals surface area contributed by atoms with Gasteiger partial charge in [-0.15, -0.1) is 0 Å². The largest absolute Gasteiger partial charge is 0.390 e. The van der Waals surface area contributed by atoms with Crippen LogP contribution in [0.15, 0.2) is 48.5 Å². The topological polar surface area (TPSA) is 49.8 Å². The van der Waals surface area contributed by atoms with E-state index in [1.807, 2.05) is 55.1 Å². The molecule has 2 aromatic rings. The van der Waals surface area contributed by atoms with E-state index < -0.39 is 5.60 Å². The maximum Gasteiger partial charge on any atom is 0.254 e. The van der Waals surface area contributed by atoms with Gasteiger partial charge < -0.3 is 14.7 Å². The highest BCUT2D eigenvalue weighted by Gasteiger charge is 2.31. The van der Waals surface area contributed by atoms with E-state index >= 15 is 0 Å². The molecule has 0 atom stereocenters. The second-order valence-electron chi connectivity index (χ2n) is 8.08. The summed E-state index contributed by atoms with van der Waals surface area (Å²) in [5.41, 5.74) is 3.61. The van der Waals surface area contributed by atoms with Gasteiger partial charge in [-0.2, -0.15) is 0 Å². The number of ether oxygens (including phenoxy) is 1. The zero-order valence-electron chi connectivity index (χ0n) is 16.4. The Hall–Kier alpha value is -2.17. The van der Waals surface area contributed by atoms with E-state index in [1.165, 1.54) is 11.1 Å². The van der Waals surface area contributed by atoms with Gasteiger partial charge in [0.25, 0.3) is 5.91 Å². The molecule has 0 unspecified atom stereocenters. The summed E-state index contributed by atoms with van der Waals surface area (Å²) in [4.78, 5) is 14.4. The van der Waals surface area contributed by atoms with Crippen molar-refractivity contribution in [3.8, 4) is 0 Å². The van der Waals surface area contributed by atoms with E-state index in [2.05, 4.69) is 19.1 Å². The van der Waals surface area contributed by atoms with Crippen LogP contribution in [0.25, 0.3) is 0 Å². The molecule has 1 fully saturated rings. The van der Waals surface area contributed by atoms with Crippen LogP contribution in [0.5, 0.6) is 0 Å². The quantitative estimate of drug-likeness (QED) is 0.811. The Labute approximate surface area is 161 Å². The van der Waals surface area contributed by atoms with Crippen LogP contribution in [0.2, 0.25) is 0 Å². The van der Waals surface area contributed by atoms with Gasteiger partial charge in [0.05, 0.1) is 18.3 Å². The van der Waals surface area contributed by atoms with E-state index in [-0.39, 0.29) is 12.0 Å². The first-order chi connectivity index (χ1) is 12.8. The molecular weight excluding hydrogens is 338 g/mol. The molecular formula is C23H29NO3. The summed E-state index contributed by atoms with van der Waals surface area (Å²) in [6.07, 6.45) is 1.61. The lowest BCUT2D eigenvalue weighted by atomic mass is 9.98. The number of hydrogen-bond acceptors (Lipinski definition) is 3. The van der Waals surface area contributed by atoms with Crippen molar-refractivity contribution in [1.29, 1.82) is 0 Å². The molecule has 1 saturated heterocycles. The molecule has 0 aromatic heterocycles. The Bertz CT molecular complexity index is 771. The van der Waals surface area contributed by atoms with E-state index in [0.717, 1.165) is 12.0 Å². The fourth-order valence-electron chi connectivity index (χ4n) is 3.14. The third-order valence-corrected chi connectivity index (χ3v) is 5.10. The Morgan fingerprint density at radius 1 is 1.15 bits per heavy atom. The van der Waals surface area contributed by atoms with Crippen molar-refractivity contribution < 1.29 is 14.6 Å². The van der Waals surface area contributed by atoms with Gasteiger partial charge >= 0.3 is 0 Å². The molecule has 0 bridgehead atoms. The Kier molecular flexibility index (Phi) is 5.98. The molecule has 27 heavy (non-hydrogen) atoms. The average Bonchev–Trinajstić information content (AvgIpc) is 2.59. The maximum atomic E-state index is 12.6. The number of rotatable bonds is 7.